The van der Waals surface area contributed by atoms with E-state index in [2.05, 4.69) is 4.98 Å². The number of halogens is 2. The van der Waals surface area contributed by atoms with Crippen molar-refractivity contribution in [2.24, 2.45) is 0 Å². The minimum atomic E-state index is -0.363. The van der Waals surface area contributed by atoms with Gasteiger partial charge in [0.1, 0.15) is 5.82 Å². The predicted molar refractivity (Wildman–Crippen MR) is 87.1 cm³/mol. The van der Waals surface area contributed by atoms with Crippen LogP contribution >= 0.6 is 23.4 Å². The van der Waals surface area contributed by atoms with E-state index < -0.39 is 0 Å². The van der Waals surface area contributed by atoms with Crippen molar-refractivity contribution >= 4 is 34.3 Å². The zero-order chi connectivity index (χ0) is 15.7. The first-order valence-corrected chi connectivity index (χ1v) is 7.76. The fourth-order valence-electron chi connectivity index (χ4n) is 2.01. The molecule has 3 rings (SSSR count). The number of aromatic nitrogens is 2. The van der Waals surface area contributed by atoms with E-state index in [-0.39, 0.29) is 11.4 Å². The Hall–Kier alpha value is -2.05. The topological polar surface area (TPSA) is 60.9 Å². The van der Waals surface area contributed by atoms with Crippen LogP contribution in [0, 0.1) is 5.82 Å². The van der Waals surface area contributed by atoms with E-state index in [0.717, 1.165) is 4.68 Å². The summed E-state index contributed by atoms with van der Waals surface area (Å²) >= 11 is 7.11. The van der Waals surface area contributed by atoms with Gasteiger partial charge in [0.05, 0.1) is 10.9 Å². The van der Waals surface area contributed by atoms with Crippen LogP contribution in [0.5, 0.6) is 0 Å². The number of nitrogen functional groups attached to an aromatic ring is 1. The summed E-state index contributed by atoms with van der Waals surface area (Å²) in [7, 11) is 0. The van der Waals surface area contributed by atoms with Crippen molar-refractivity contribution in [3.05, 3.63) is 69.2 Å². The molecule has 0 aliphatic carbocycles. The van der Waals surface area contributed by atoms with Gasteiger partial charge >= 0.3 is 0 Å². The third-order valence-corrected chi connectivity index (χ3v) is 4.38. The van der Waals surface area contributed by atoms with E-state index in [1.807, 2.05) is 0 Å². The summed E-state index contributed by atoms with van der Waals surface area (Å²) < 4.78 is 14.6. The van der Waals surface area contributed by atoms with E-state index >= 15 is 0 Å². The number of nitrogens with two attached hydrogens (primary N) is 1. The van der Waals surface area contributed by atoms with Gasteiger partial charge in [-0.25, -0.2) is 14.1 Å². The standard InChI is InChI=1S/C15H11ClFN3OS/c16-10-5-6-11-13(7-10)19-15(20(18)14(11)21)22-8-9-3-1-2-4-12(9)17/h1-7H,8,18H2. The van der Waals surface area contributed by atoms with E-state index in [9.17, 15) is 9.18 Å². The van der Waals surface area contributed by atoms with Crippen LogP contribution in [0.25, 0.3) is 10.9 Å². The molecule has 0 unspecified atom stereocenters. The molecule has 0 spiro atoms. The smallest absolute Gasteiger partial charge is 0.280 e. The average molecular weight is 336 g/mol. The minimum absolute atomic E-state index is 0.301. The summed E-state index contributed by atoms with van der Waals surface area (Å²) in [4.78, 5) is 16.5. The highest BCUT2D eigenvalue weighted by molar-refractivity contribution is 7.98. The second kappa shape index (κ2) is 5.98. The molecule has 1 heterocycles. The molecule has 1 aromatic heterocycles. The van der Waals surface area contributed by atoms with Crippen molar-refractivity contribution in [2.75, 3.05) is 5.84 Å². The number of nitrogens with zero attached hydrogens (tertiary/aromatic N) is 2. The molecule has 0 atom stereocenters. The van der Waals surface area contributed by atoms with Gasteiger partial charge in [-0.1, -0.05) is 41.6 Å². The molecule has 2 N–H and O–H groups in total. The lowest BCUT2D eigenvalue weighted by Gasteiger charge is -2.09. The summed E-state index contributed by atoms with van der Waals surface area (Å²) in [6, 6.07) is 11.2. The molecule has 112 valence electrons. The highest BCUT2D eigenvalue weighted by atomic mass is 35.5. The maximum Gasteiger partial charge on any atom is 0.280 e. The maximum atomic E-state index is 13.6. The van der Waals surface area contributed by atoms with Crippen LogP contribution < -0.4 is 11.4 Å². The zero-order valence-electron chi connectivity index (χ0n) is 11.3. The number of benzene rings is 2. The lowest BCUT2D eigenvalue weighted by atomic mass is 10.2. The molecule has 0 bridgehead atoms. The fraction of sp³-hybridized carbons (Fsp3) is 0.0667. The Labute approximate surface area is 134 Å². The predicted octanol–water partition coefficient (Wildman–Crippen LogP) is 3.20. The van der Waals surface area contributed by atoms with Crippen LogP contribution in [-0.2, 0) is 5.75 Å². The molecular weight excluding hydrogens is 325 g/mol. The van der Waals surface area contributed by atoms with Crippen LogP contribution in [0.1, 0.15) is 5.56 Å². The van der Waals surface area contributed by atoms with Crippen molar-refractivity contribution in [1.29, 1.82) is 0 Å². The van der Waals surface area contributed by atoms with Crippen LogP contribution in [0.2, 0.25) is 5.02 Å². The minimum Gasteiger partial charge on any atom is -0.334 e. The Morgan fingerprint density at radius 2 is 2.05 bits per heavy atom. The van der Waals surface area contributed by atoms with Gasteiger partial charge < -0.3 is 5.84 Å². The van der Waals surface area contributed by atoms with Crippen LogP contribution in [0.4, 0.5) is 4.39 Å². The van der Waals surface area contributed by atoms with Crippen LogP contribution in [0.3, 0.4) is 0 Å². The Bertz CT molecular complexity index is 913. The normalized spacial score (nSPS) is 11.0. The third-order valence-electron chi connectivity index (χ3n) is 3.15. The second-order valence-electron chi connectivity index (χ2n) is 4.61. The Morgan fingerprint density at radius 1 is 1.27 bits per heavy atom. The quantitative estimate of drug-likeness (QED) is 0.453. The summed E-state index contributed by atoms with van der Waals surface area (Å²) in [6.07, 6.45) is 0. The number of fused-ring (bicyclic) bond motifs is 1. The number of rotatable bonds is 3. The Morgan fingerprint density at radius 3 is 2.82 bits per heavy atom. The maximum absolute atomic E-state index is 13.6. The number of hydrogen-bond acceptors (Lipinski definition) is 4. The molecule has 0 fully saturated rings. The van der Waals surface area contributed by atoms with Crippen molar-refractivity contribution in [1.82, 2.24) is 9.66 Å². The average Bonchev–Trinajstić information content (AvgIpc) is 2.50. The van der Waals surface area contributed by atoms with Gasteiger partial charge in [0.2, 0.25) is 0 Å². The van der Waals surface area contributed by atoms with Crippen molar-refractivity contribution in [2.45, 2.75) is 10.9 Å². The molecule has 0 saturated heterocycles. The Balaban J connectivity index is 1.99. The van der Waals surface area contributed by atoms with Gasteiger partial charge in [-0.05, 0) is 29.8 Å². The molecule has 3 aromatic rings. The molecular formula is C15H11ClFN3OS. The fourth-order valence-corrected chi connectivity index (χ4v) is 3.08. The van der Waals surface area contributed by atoms with Gasteiger partial charge in [0.15, 0.2) is 5.16 Å². The summed E-state index contributed by atoms with van der Waals surface area (Å²) in [5, 5.41) is 1.18. The molecule has 0 saturated carbocycles. The first-order chi connectivity index (χ1) is 10.6. The second-order valence-corrected chi connectivity index (χ2v) is 5.99. The first kappa shape index (κ1) is 14.9. The molecule has 7 heteroatoms. The van der Waals surface area contributed by atoms with Crippen LogP contribution in [0.15, 0.2) is 52.4 Å². The lowest BCUT2D eigenvalue weighted by molar-refractivity contribution is 0.617. The highest BCUT2D eigenvalue weighted by Gasteiger charge is 2.11. The molecule has 2 aromatic carbocycles. The zero-order valence-corrected chi connectivity index (χ0v) is 12.9. The SMILES string of the molecule is Nn1c(SCc2ccccc2F)nc2cc(Cl)ccc2c1=O. The molecule has 0 aliphatic heterocycles. The van der Waals surface area contributed by atoms with E-state index in [0.29, 0.717) is 32.4 Å². The van der Waals surface area contributed by atoms with Crippen molar-refractivity contribution in [3.63, 3.8) is 0 Å². The van der Waals surface area contributed by atoms with Gasteiger partial charge in [0.25, 0.3) is 5.56 Å². The molecule has 22 heavy (non-hydrogen) atoms. The first-order valence-electron chi connectivity index (χ1n) is 6.40. The van der Waals surface area contributed by atoms with E-state index in [4.69, 9.17) is 17.4 Å². The Kier molecular flexibility index (Phi) is 4.04. The van der Waals surface area contributed by atoms with Gasteiger partial charge in [-0.15, -0.1) is 0 Å². The monoisotopic (exact) mass is 335 g/mol. The van der Waals surface area contributed by atoms with Gasteiger partial charge in [-0.3, -0.25) is 4.79 Å². The van der Waals surface area contributed by atoms with Crippen LogP contribution in [-0.4, -0.2) is 9.66 Å². The number of thioether (sulfide) groups is 1. The third kappa shape index (κ3) is 2.80. The largest absolute Gasteiger partial charge is 0.334 e. The summed E-state index contributed by atoms with van der Waals surface area (Å²) in [5.74, 6) is 5.80. The summed E-state index contributed by atoms with van der Waals surface area (Å²) in [6.45, 7) is 0. The lowest BCUT2D eigenvalue weighted by Crippen LogP contribution is -2.29. The van der Waals surface area contributed by atoms with Crippen molar-refractivity contribution < 1.29 is 4.39 Å². The number of hydrogen-bond donors (Lipinski definition) is 1. The molecule has 0 amide bonds. The van der Waals surface area contributed by atoms with Gasteiger partial charge in [0, 0.05) is 10.8 Å². The molecule has 4 nitrogen and oxygen atoms in total. The van der Waals surface area contributed by atoms with Crippen molar-refractivity contribution in [3.8, 4) is 0 Å². The summed E-state index contributed by atoms with van der Waals surface area (Å²) in [5.41, 5.74) is 0.626. The highest BCUT2D eigenvalue weighted by Crippen LogP contribution is 2.23. The van der Waals surface area contributed by atoms with Gasteiger partial charge in [-0.2, -0.15) is 0 Å². The molecule has 0 aliphatic rings. The van der Waals surface area contributed by atoms with E-state index in [1.165, 1.54) is 17.8 Å². The van der Waals surface area contributed by atoms with E-state index in [1.54, 1.807) is 36.4 Å². The molecule has 0 radical (unpaired) electrons.